The van der Waals surface area contributed by atoms with Gasteiger partial charge in [0.15, 0.2) is 0 Å². The molecule has 0 saturated carbocycles. The molecule has 0 atom stereocenters. The Morgan fingerprint density at radius 3 is 1.50 bits per heavy atom. The maximum Gasteiger partial charge on any atom is 0.0558 e. The molecule has 0 aromatic carbocycles. The second-order valence-corrected chi connectivity index (χ2v) is 1.75. The molecule has 0 aromatic heterocycles. The van der Waals surface area contributed by atoms with Crippen molar-refractivity contribution >= 4 is 0 Å². The number of aliphatic hydroxyl groups excluding tert-OH is 2. The van der Waals surface area contributed by atoms with E-state index in [-0.39, 0.29) is 13.2 Å². The van der Waals surface area contributed by atoms with Crippen LogP contribution >= 0.6 is 0 Å². The van der Waals surface area contributed by atoms with E-state index in [0.717, 1.165) is 0 Å². The summed E-state index contributed by atoms with van der Waals surface area (Å²) >= 11 is 0. The lowest BCUT2D eigenvalue weighted by Crippen LogP contribution is -2.25. The molecule has 0 heterocycles. The average molecular weight is 149 g/mol. The van der Waals surface area contributed by atoms with Crippen molar-refractivity contribution in [3.8, 4) is 0 Å². The van der Waals surface area contributed by atoms with Gasteiger partial charge in [-0.1, -0.05) is 13.8 Å². The summed E-state index contributed by atoms with van der Waals surface area (Å²) in [5.41, 5.74) is 0. The maximum absolute atomic E-state index is 8.34. The van der Waals surface area contributed by atoms with Gasteiger partial charge >= 0.3 is 0 Å². The third-order valence-corrected chi connectivity index (χ3v) is 0.963. The second-order valence-electron chi connectivity index (χ2n) is 1.75. The van der Waals surface area contributed by atoms with Gasteiger partial charge in [0.2, 0.25) is 0 Å². The Kier molecular flexibility index (Phi) is 14.6. The van der Waals surface area contributed by atoms with E-state index in [1.54, 1.807) is 0 Å². The summed E-state index contributed by atoms with van der Waals surface area (Å²) in [6.45, 7) is 5.61. The van der Waals surface area contributed by atoms with Gasteiger partial charge in [-0.15, -0.1) is 0 Å². The summed E-state index contributed by atoms with van der Waals surface area (Å²) in [5, 5.41) is 16.7. The molecule has 0 aliphatic rings. The zero-order valence-corrected chi connectivity index (χ0v) is 7.17. The van der Waals surface area contributed by atoms with Crippen molar-refractivity contribution in [3.63, 3.8) is 0 Å². The molecule has 3 heteroatoms. The van der Waals surface area contributed by atoms with E-state index in [2.05, 4.69) is 0 Å². The van der Waals surface area contributed by atoms with Gasteiger partial charge < -0.3 is 15.1 Å². The van der Waals surface area contributed by atoms with Crippen LogP contribution in [0.2, 0.25) is 0 Å². The summed E-state index contributed by atoms with van der Waals surface area (Å²) in [6.07, 6.45) is 0. The van der Waals surface area contributed by atoms with Crippen LogP contribution in [0.25, 0.3) is 0 Å². The number of likely N-dealkylation sites (N-methyl/N-ethyl adjacent to an activating group) is 1. The van der Waals surface area contributed by atoms with Crippen molar-refractivity contribution in [2.45, 2.75) is 13.8 Å². The summed E-state index contributed by atoms with van der Waals surface area (Å²) in [6, 6.07) is 0. The Morgan fingerprint density at radius 1 is 1.00 bits per heavy atom. The molecule has 0 rings (SSSR count). The molecular weight excluding hydrogens is 130 g/mol. The molecule has 0 unspecified atom stereocenters. The first kappa shape index (κ1) is 12.5. The first-order chi connectivity index (χ1) is 4.81. The van der Waals surface area contributed by atoms with E-state index in [4.69, 9.17) is 10.2 Å². The first-order valence-electron chi connectivity index (χ1n) is 3.71. The minimum atomic E-state index is 0.163. The van der Waals surface area contributed by atoms with Crippen molar-refractivity contribution in [3.05, 3.63) is 0 Å². The van der Waals surface area contributed by atoms with Gasteiger partial charge in [0.1, 0.15) is 0 Å². The largest absolute Gasteiger partial charge is 0.395 e. The zero-order valence-electron chi connectivity index (χ0n) is 7.17. The highest BCUT2D eigenvalue weighted by atomic mass is 16.3. The van der Waals surface area contributed by atoms with Crippen LogP contribution in [-0.2, 0) is 0 Å². The lowest BCUT2D eigenvalue weighted by Gasteiger charge is -2.11. The minimum Gasteiger partial charge on any atom is -0.395 e. The molecule has 0 fully saturated rings. The van der Waals surface area contributed by atoms with E-state index in [9.17, 15) is 0 Å². The highest BCUT2D eigenvalue weighted by molar-refractivity contribution is 4.45. The third kappa shape index (κ3) is 10.8. The van der Waals surface area contributed by atoms with E-state index in [1.807, 2.05) is 25.8 Å². The van der Waals surface area contributed by atoms with Crippen molar-refractivity contribution in [1.29, 1.82) is 0 Å². The van der Waals surface area contributed by atoms with Crippen molar-refractivity contribution in [2.24, 2.45) is 0 Å². The Bertz CT molecular complexity index is 44.9. The molecule has 0 spiro atoms. The van der Waals surface area contributed by atoms with Gasteiger partial charge in [-0.25, -0.2) is 0 Å². The predicted molar refractivity (Wildman–Crippen MR) is 43.0 cm³/mol. The quantitative estimate of drug-likeness (QED) is 0.588. The van der Waals surface area contributed by atoms with Crippen LogP contribution in [0.1, 0.15) is 13.8 Å². The summed E-state index contributed by atoms with van der Waals surface area (Å²) < 4.78 is 0. The number of hydrogen-bond donors (Lipinski definition) is 2. The third-order valence-electron chi connectivity index (χ3n) is 0.963. The van der Waals surface area contributed by atoms with E-state index >= 15 is 0 Å². The molecule has 0 amide bonds. The highest BCUT2D eigenvalue weighted by Crippen LogP contribution is 1.76. The number of aliphatic hydroxyl groups is 2. The lowest BCUT2D eigenvalue weighted by atomic mass is 10.5. The summed E-state index contributed by atoms with van der Waals surface area (Å²) in [4.78, 5) is 1.86. The normalized spacial score (nSPS) is 9.00. The van der Waals surface area contributed by atoms with E-state index in [0.29, 0.717) is 13.1 Å². The van der Waals surface area contributed by atoms with Gasteiger partial charge in [0.05, 0.1) is 13.2 Å². The molecule has 10 heavy (non-hydrogen) atoms. The minimum absolute atomic E-state index is 0.163. The van der Waals surface area contributed by atoms with Crippen molar-refractivity contribution in [1.82, 2.24) is 4.90 Å². The van der Waals surface area contributed by atoms with Crippen LogP contribution in [0.15, 0.2) is 0 Å². The Labute approximate surface area is 63.3 Å². The first-order valence-corrected chi connectivity index (χ1v) is 3.71. The number of nitrogens with zero attached hydrogens (tertiary/aromatic N) is 1. The fourth-order valence-corrected chi connectivity index (χ4v) is 0.453. The van der Waals surface area contributed by atoms with Gasteiger partial charge in [-0.3, -0.25) is 0 Å². The smallest absolute Gasteiger partial charge is 0.0558 e. The molecular formula is C7H19NO2. The topological polar surface area (TPSA) is 43.7 Å². The Morgan fingerprint density at radius 2 is 1.30 bits per heavy atom. The molecule has 0 saturated heterocycles. The fraction of sp³-hybridized carbons (Fsp3) is 1.00. The molecule has 0 aliphatic carbocycles. The molecule has 0 radical (unpaired) electrons. The second kappa shape index (κ2) is 11.6. The van der Waals surface area contributed by atoms with E-state index in [1.165, 1.54) is 0 Å². The monoisotopic (exact) mass is 149 g/mol. The van der Waals surface area contributed by atoms with Gasteiger partial charge in [-0.2, -0.15) is 0 Å². The van der Waals surface area contributed by atoms with Crippen LogP contribution in [0.4, 0.5) is 0 Å². The zero-order chi connectivity index (χ0) is 8.41. The van der Waals surface area contributed by atoms with Crippen molar-refractivity contribution < 1.29 is 10.2 Å². The van der Waals surface area contributed by atoms with E-state index < -0.39 is 0 Å². The average Bonchev–Trinajstić information content (AvgIpc) is 1.93. The Balaban J connectivity index is 0. The molecule has 0 aromatic rings. The van der Waals surface area contributed by atoms with Crippen LogP contribution < -0.4 is 0 Å². The standard InChI is InChI=1S/C5H13NO2.C2H6/c1-6(2-4-7)3-5-8;1-2/h7-8H,2-5H2,1H3;1-2H3. The number of rotatable bonds is 4. The lowest BCUT2D eigenvalue weighted by molar-refractivity contribution is 0.184. The fourth-order valence-electron chi connectivity index (χ4n) is 0.453. The molecule has 0 bridgehead atoms. The van der Waals surface area contributed by atoms with Gasteiger partial charge in [0, 0.05) is 13.1 Å². The van der Waals surface area contributed by atoms with Crippen molar-refractivity contribution in [2.75, 3.05) is 33.4 Å². The van der Waals surface area contributed by atoms with Gasteiger partial charge in [0.25, 0.3) is 0 Å². The SMILES string of the molecule is CC.CN(CCO)CCO. The maximum atomic E-state index is 8.34. The summed E-state index contributed by atoms with van der Waals surface area (Å²) in [7, 11) is 1.85. The molecule has 0 aliphatic heterocycles. The number of hydrogen-bond acceptors (Lipinski definition) is 3. The van der Waals surface area contributed by atoms with Crippen LogP contribution in [0.3, 0.4) is 0 Å². The van der Waals surface area contributed by atoms with Crippen LogP contribution in [0.5, 0.6) is 0 Å². The molecule has 2 N–H and O–H groups in total. The molecule has 64 valence electrons. The predicted octanol–water partition coefficient (Wildman–Crippen LogP) is -0.0710. The Hall–Kier alpha value is -0.120. The van der Waals surface area contributed by atoms with Gasteiger partial charge in [-0.05, 0) is 7.05 Å². The summed E-state index contributed by atoms with van der Waals surface area (Å²) in [5.74, 6) is 0. The van der Waals surface area contributed by atoms with Crippen LogP contribution in [-0.4, -0.2) is 48.5 Å². The molecule has 3 nitrogen and oxygen atoms in total. The van der Waals surface area contributed by atoms with Crippen LogP contribution in [0, 0.1) is 0 Å². The highest BCUT2D eigenvalue weighted by Gasteiger charge is 1.91.